The summed E-state index contributed by atoms with van der Waals surface area (Å²) in [7, 11) is 1.60. The molecule has 0 radical (unpaired) electrons. The van der Waals surface area contributed by atoms with E-state index in [0.29, 0.717) is 6.54 Å². The molecule has 26 heavy (non-hydrogen) atoms. The molecule has 0 fully saturated rings. The summed E-state index contributed by atoms with van der Waals surface area (Å²) in [4.78, 5) is 24.6. The number of aromatic nitrogens is 2. The van der Waals surface area contributed by atoms with Gasteiger partial charge < -0.3 is 15.4 Å². The summed E-state index contributed by atoms with van der Waals surface area (Å²) < 4.78 is 5.10. The number of H-pyrrole nitrogens is 1. The molecule has 134 valence electrons. The average molecular weight is 352 g/mol. The van der Waals surface area contributed by atoms with E-state index in [2.05, 4.69) is 20.8 Å². The van der Waals surface area contributed by atoms with Gasteiger partial charge >= 0.3 is 0 Å². The van der Waals surface area contributed by atoms with Gasteiger partial charge in [-0.05, 0) is 30.7 Å². The zero-order valence-corrected chi connectivity index (χ0v) is 14.6. The van der Waals surface area contributed by atoms with Crippen molar-refractivity contribution in [3.05, 3.63) is 59.8 Å². The largest absolute Gasteiger partial charge is 0.497 e. The Labute approximate surface area is 150 Å². The molecule has 7 nitrogen and oxygen atoms in total. The van der Waals surface area contributed by atoms with E-state index in [1.807, 2.05) is 48.5 Å². The molecule has 0 aliphatic heterocycles. The normalized spacial score (nSPS) is 11.8. The molecule has 0 aliphatic rings. The SMILES string of the molecule is COc1ccc(CNC(=O)C(C)NC(=O)c2n[nH]c3ccccc23)cc1. The van der Waals surface area contributed by atoms with Gasteiger partial charge in [0.2, 0.25) is 5.91 Å². The Bertz CT molecular complexity index is 918. The van der Waals surface area contributed by atoms with Crippen molar-refractivity contribution in [2.24, 2.45) is 0 Å². The van der Waals surface area contributed by atoms with E-state index in [4.69, 9.17) is 4.74 Å². The molecule has 0 aliphatic carbocycles. The van der Waals surface area contributed by atoms with Gasteiger partial charge in [0.1, 0.15) is 11.8 Å². The highest BCUT2D eigenvalue weighted by molar-refractivity contribution is 6.05. The molecule has 3 rings (SSSR count). The number of amides is 2. The summed E-state index contributed by atoms with van der Waals surface area (Å²) in [6, 6.07) is 14.1. The predicted octanol–water partition coefficient (Wildman–Crippen LogP) is 2.01. The number of nitrogens with zero attached hydrogens (tertiary/aromatic N) is 1. The maximum atomic E-state index is 12.4. The maximum Gasteiger partial charge on any atom is 0.273 e. The zero-order chi connectivity index (χ0) is 18.5. The van der Waals surface area contributed by atoms with Gasteiger partial charge in [0.05, 0.1) is 12.6 Å². The Morgan fingerprint density at radius 2 is 1.88 bits per heavy atom. The van der Waals surface area contributed by atoms with Crippen LogP contribution in [0.15, 0.2) is 48.5 Å². The summed E-state index contributed by atoms with van der Waals surface area (Å²) in [5.41, 5.74) is 1.99. The van der Waals surface area contributed by atoms with Crippen LogP contribution in [0.5, 0.6) is 5.75 Å². The first-order valence-corrected chi connectivity index (χ1v) is 8.23. The number of ether oxygens (including phenoxy) is 1. The minimum Gasteiger partial charge on any atom is -0.497 e. The third-order valence-electron chi connectivity index (χ3n) is 4.05. The van der Waals surface area contributed by atoms with Crippen LogP contribution < -0.4 is 15.4 Å². The number of methoxy groups -OCH3 is 1. The van der Waals surface area contributed by atoms with Crippen LogP contribution in [0.3, 0.4) is 0 Å². The first-order valence-electron chi connectivity index (χ1n) is 8.23. The highest BCUT2D eigenvalue weighted by atomic mass is 16.5. The first kappa shape index (κ1) is 17.5. The number of carbonyl (C=O) groups is 2. The fourth-order valence-electron chi connectivity index (χ4n) is 2.55. The van der Waals surface area contributed by atoms with E-state index in [1.54, 1.807) is 14.0 Å². The first-order chi connectivity index (χ1) is 12.6. The molecule has 1 heterocycles. The van der Waals surface area contributed by atoms with Crippen LogP contribution >= 0.6 is 0 Å². The Morgan fingerprint density at radius 1 is 1.15 bits per heavy atom. The molecule has 1 atom stereocenters. The molecule has 1 unspecified atom stereocenters. The Morgan fingerprint density at radius 3 is 2.62 bits per heavy atom. The number of rotatable bonds is 6. The Kier molecular flexibility index (Phi) is 5.17. The number of aromatic amines is 1. The summed E-state index contributed by atoms with van der Waals surface area (Å²) in [6.45, 7) is 2.00. The number of carbonyl (C=O) groups excluding carboxylic acids is 2. The fourth-order valence-corrected chi connectivity index (χ4v) is 2.55. The number of hydrogen-bond acceptors (Lipinski definition) is 4. The Hall–Kier alpha value is -3.35. The van der Waals surface area contributed by atoms with E-state index in [0.717, 1.165) is 22.2 Å². The van der Waals surface area contributed by atoms with Crippen molar-refractivity contribution in [1.82, 2.24) is 20.8 Å². The van der Waals surface area contributed by atoms with Gasteiger partial charge in [0.15, 0.2) is 5.69 Å². The molecular formula is C19H20N4O3. The molecule has 1 aromatic heterocycles. The van der Waals surface area contributed by atoms with E-state index in [-0.39, 0.29) is 11.6 Å². The quantitative estimate of drug-likeness (QED) is 0.632. The van der Waals surface area contributed by atoms with Gasteiger partial charge in [-0.25, -0.2) is 0 Å². The lowest BCUT2D eigenvalue weighted by Gasteiger charge is -2.13. The number of nitrogens with one attached hydrogen (secondary N) is 3. The van der Waals surface area contributed by atoms with Gasteiger partial charge in [-0.15, -0.1) is 0 Å². The standard InChI is InChI=1S/C19H20N4O3/c1-12(18(24)20-11-13-7-9-14(26-2)10-8-13)21-19(25)17-15-5-3-4-6-16(15)22-23-17/h3-10,12H,11H2,1-2H3,(H,20,24)(H,21,25)(H,22,23). The maximum absolute atomic E-state index is 12.4. The second kappa shape index (κ2) is 7.69. The second-order valence-corrected chi connectivity index (χ2v) is 5.88. The molecule has 0 saturated carbocycles. The van der Waals surface area contributed by atoms with Crippen LogP contribution in [0.4, 0.5) is 0 Å². The van der Waals surface area contributed by atoms with Crippen LogP contribution in [0.25, 0.3) is 10.9 Å². The third kappa shape index (κ3) is 3.83. The van der Waals surface area contributed by atoms with Crippen molar-refractivity contribution in [3.8, 4) is 5.75 Å². The lowest BCUT2D eigenvalue weighted by atomic mass is 10.2. The summed E-state index contributed by atoms with van der Waals surface area (Å²) in [6.07, 6.45) is 0. The highest BCUT2D eigenvalue weighted by Crippen LogP contribution is 2.15. The van der Waals surface area contributed by atoms with Crippen LogP contribution in [0.2, 0.25) is 0 Å². The summed E-state index contributed by atoms with van der Waals surface area (Å²) >= 11 is 0. The van der Waals surface area contributed by atoms with E-state index < -0.39 is 11.9 Å². The molecule has 2 amide bonds. The zero-order valence-electron chi connectivity index (χ0n) is 14.6. The number of fused-ring (bicyclic) bond motifs is 1. The Balaban J connectivity index is 1.57. The van der Waals surface area contributed by atoms with Crippen molar-refractivity contribution in [2.45, 2.75) is 19.5 Å². The van der Waals surface area contributed by atoms with E-state index in [9.17, 15) is 9.59 Å². The van der Waals surface area contributed by atoms with E-state index in [1.165, 1.54) is 0 Å². The van der Waals surface area contributed by atoms with Gasteiger partial charge in [0.25, 0.3) is 5.91 Å². The number of para-hydroxylation sites is 1. The molecular weight excluding hydrogens is 332 g/mol. The molecule has 0 spiro atoms. The molecule has 2 aromatic carbocycles. The van der Waals surface area contributed by atoms with Crippen molar-refractivity contribution in [2.75, 3.05) is 7.11 Å². The van der Waals surface area contributed by atoms with Crippen molar-refractivity contribution < 1.29 is 14.3 Å². The van der Waals surface area contributed by atoms with Crippen LogP contribution in [-0.4, -0.2) is 35.2 Å². The minimum absolute atomic E-state index is 0.269. The summed E-state index contributed by atoms with van der Waals surface area (Å²) in [5, 5.41) is 13.0. The smallest absolute Gasteiger partial charge is 0.273 e. The van der Waals surface area contributed by atoms with E-state index >= 15 is 0 Å². The monoisotopic (exact) mass is 352 g/mol. The topological polar surface area (TPSA) is 96.1 Å². The number of benzene rings is 2. The fraction of sp³-hybridized carbons (Fsp3) is 0.211. The van der Waals surface area contributed by atoms with Gasteiger partial charge in [0, 0.05) is 11.9 Å². The summed E-state index contributed by atoms with van der Waals surface area (Å²) in [5.74, 6) is 0.0930. The molecule has 0 bridgehead atoms. The molecule has 3 aromatic rings. The van der Waals surface area contributed by atoms with Crippen molar-refractivity contribution in [1.29, 1.82) is 0 Å². The van der Waals surface area contributed by atoms with Gasteiger partial charge in [-0.2, -0.15) is 5.10 Å². The number of hydrogen-bond donors (Lipinski definition) is 3. The van der Waals surface area contributed by atoms with Crippen LogP contribution in [0.1, 0.15) is 23.0 Å². The predicted molar refractivity (Wildman–Crippen MR) is 97.9 cm³/mol. The van der Waals surface area contributed by atoms with Gasteiger partial charge in [-0.3, -0.25) is 14.7 Å². The second-order valence-electron chi connectivity index (χ2n) is 5.88. The van der Waals surface area contributed by atoms with Gasteiger partial charge in [-0.1, -0.05) is 30.3 Å². The minimum atomic E-state index is -0.684. The average Bonchev–Trinajstić information content (AvgIpc) is 3.10. The highest BCUT2D eigenvalue weighted by Gasteiger charge is 2.19. The van der Waals surface area contributed by atoms with Crippen molar-refractivity contribution >= 4 is 22.7 Å². The third-order valence-corrected chi connectivity index (χ3v) is 4.05. The molecule has 7 heteroatoms. The van der Waals surface area contributed by atoms with Crippen LogP contribution in [0, 0.1) is 0 Å². The van der Waals surface area contributed by atoms with Crippen LogP contribution in [-0.2, 0) is 11.3 Å². The lowest BCUT2D eigenvalue weighted by Crippen LogP contribution is -2.44. The molecule has 0 saturated heterocycles. The van der Waals surface area contributed by atoms with Crippen molar-refractivity contribution in [3.63, 3.8) is 0 Å². The molecule has 3 N–H and O–H groups in total. The lowest BCUT2D eigenvalue weighted by molar-refractivity contribution is -0.122.